The molecule has 43 heavy (non-hydrogen) atoms. The van der Waals surface area contributed by atoms with Crippen molar-refractivity contribution in [2.24, 2.45) is 5.92 Å². The van der Waals surface area contributed by atoms with Crippen LogP contribution in [-0.4, -0.2) is 104 Å². The fraction of sp³-hybridized carbons (Fsp3) is 0.710. The molecule has 5 rings (SSSR count). The Morgan fingerprint density at radius 3 is 2.58 bits per heavy atom. The maximum Gasteiger partial charge on any atom is 0.248 e. The predicted molar refractivity (Wildman–Crippen MR) is 156 cm³/mol. The average Bonchev–Trinajstić information content (AvgIpc) is 3.40. The molecular weight excluding hydrogens is 560 g/mol. The first-order valence-corrected chi connectivity index (χ1v) is 15.6. The van der Waals surface area contributed by atoms with E-state index in [0.717, 1.165) is 17.7 Å². The number of likely N-dealkylation sites (N-methyl/N-ethyl adjacent to an activating group) is 1. The number of hydrogen-bond donors (Lipinski definition) is 3. The van der Waals surface area contributed by atoms with E-state index in [1.807, 2.05) is 31.2 Å². The SMILES string of the molecule is CCO[C@@H]1C[C@@H]2CN(C(=O)[C@@H](NC(=O)[C@H](C)NC)C3CCC(F)(F)CC3)[C@H](C(=O)N[C@H]3CCOc4ccccc43)CN2C1. The summed E-state index contributed by atoms with van der Waals surface area (Å²) in [6.07, 6.45) is 0.883. The number of nitrogens with one attached hydrogen (secondary N) is 3. The molecule has 3 heterocycles. The molecular formula is C31H45F2N5O5. The van der Waals surface area contributed by atoms with Crippen molar-refractivity contribution in [3.05, 3.63) is 29.8 Å². The lowest BCUT2D eigenvalue weighted by Gasteiger charge is -2.45. The van der Waals surface area contributed by atoms with Crippen LogP contribution in [0.2, 0.25) is 0 Å². The molecule has 2 saturated heterocycles. The third-order valence-corrected chi connectivity index (χ3v) is 9.57. The molecule has 0 spiro atoms. The first-order chi connectivity index (χ1) is 20.6. The van der Waals surface area contributed by atoms with Crippen LogP contribution >= 0.6 is 0 Å². The molecule has 1 aromatic rings. The molecule has 3 N–H and O–H groups in total. The minimum Gasteiger partial charge on any atom is -0.493 e. The highest BCUT2D eigenvalue weighted by Gasteiger charge is 2.48. The molecule has 0 unspecified atom stereocenters. The summed E-state index contributed by atoms with van der Waals surface area (Å²) in [7, 11) is 1.64. The number of benzene rings is 1. The summed E-state index contributed by atoms with van der Waals surface area (Å²) in [5, 5.41) is 8.94. The zero-order valence-corrected chi connectivity index (χ0v) is 25.3. The first kappa shape index (κ1) is 31.6. The second-order valence-corrected chi connectivity index (χ2v) is 12.4. The van der Waals surface area contributed by atoms with Crippen LogP contribution in [0.25, 0.3) is 0 Å². The van der Waals surface area contributed by atoms with Crippen molar-refractivity contribution < 1.29 is 32.6 Å². The Morgan fingerprint density at radius 1 is 1.12 bits per heavy atom. The number of fused-ring (bicyclic) bond motifs is 2. The smallest absolute Gasteiger partial charge is 0.248 e. The van der Waals surface area contributed by atoms with Gasteiger partial charge < -0.3 is 30.3 Å². The fourth-order valence-corrected chi connectivity index (χ4v) is 6.98. The van der Waals surface area contributed by atoms with Gasteiger partial charge in [0.25, 0.3) is 0 Å². The number of ether oxygens (including phenoxy) is 2. The Hall–Kier alpha value is -2.83. The normalized spacial score (nSPS) is 28.6. The van der Waals surface area contributed by atoms with Crippen LogP contribution in [0.5, 0.6) is 5.75 Å². The minimum atomic E-state index is -2.78. The second kappa shape index (κ2) is 13.4. The Balaban J connectivity index is 1.41. The van der Waals surface area contributed by atoms with E-state index in [0.29, 0.717) is 39.3 Å². The van der Waals surface area contributed by atoms with E-state index in [9.17, 15) is 23.2 Å². The Morgan fingerprint density at radius 2 is 1.86 bits per heavy atom. The highest BCUT2D eigenvalue weighted by molar-refractivity contribution is 5.93. The summed E-state index contributed by atoms with van der Waals surface area (Å²) >= 11 is 0. The van der Waals surface area contributed by atoms with Gasteiger partial charge >= 0.3 is 0 Å². The summed E-state index contributed by atoms with van der Waals surface area (Å²) in [5.41, 5.74) is 0.889. The quantitative estimate of drug-likeness (QED) is 0.396. The molecule has 3 aliphatic heterocycles. The maximum absolute atomic E-state index is 14.5. The summed E-state index contributed by atoms with van der Waals surface area (Å²) in [6, 6.07) is 4.92. The number of rotatable bonds is 9. The molecule has 0 aromatic heterocycles. The van der Waals surface area contributed by atoms with Gasteiger partial charge in [0.05, 0.1) is 24.8 Å². The van der Waals surface area contributed by atoms with Gasteiger partial charge in [0.2, 0.25) is 23.6 Å². The number of hydrogen-bond acceptors (Lipinski definition) is 7. The van der Waals surface area contributed by atoms with Gasteiger partial charge in [-0.3, -0.25) is 19.3 Å². The Kier molecular flexibility index (Phi) is 9.87. The second-order valence-electron chi connectivity index (χ2n) is 12.4. The number of piperazine rings is 1. The van der Waals surface area contributed by atoms with Crippen molar-refractivity contribution in [3.63, 3.8) is 0 Å². The third kappa shape index (κ3) is 7.12. The highest BCUT2D eigenvalue weighted by Crippen LogP contribution is 2.39. The Bertz CT molecular complexity index is 1160. The fourth-order valence-electron chi connectivity index (χ4n) is 6.98. The van der Waals surface area contributed by atoms with E-state index >= 15 is 0 Å². The molecule has 10 nitrogen and oxygen atoms in total. The van der Waals surface area contributed by atoms with Crippen LogP contribution in [0.15, 0.2) is 24.3 Å². The number of para-hydroxylation sites is 1. The van der Waals surface area contributed by atoms with Crippen LogP contribution in [0.4, 0.5) is 8.78 Å². The van der Waals surface area contributed by atoms with Gasteiger partial charge in [0.1, 0.15) is 17.8 Å². The van der Waals surface area contributed by atoms with E-state index in [4.69, 9.17) is 9.47 Å². The van der Waals surface area contributed by atoms with E-state index in [1.54, 1.807) is 18.9 Å². The molecule has 1 aromatic carbocycles. The van der Waals surface area contributed by atoms with Crippen molar-refractivity contribution in [1.29, 1.82) is 0 Å². The van der Waals surface area contributed by atoms with Crippen molar-refractivity contribution >= 4 is 17.7 Å². The molecule has 1 aliphatic carbocycles. The summed E-state index contributed by atoms with van der Waals surface area (Å²) in [5.74, 6) is -3.56. The molecule has 4 aliphatic rings. The van der Waals surface area contributed by atoms with Crippen LogP contribution in [0.1, 0.15) is 64.0 Å². The number of alkyl halides is 2. The maximum atomic E-state index is 14.5. The first-order valence-electron chi connectivity index (χ1n) is 15.6. The highest BCUT2D eigenvalue weighted by atomic mass is 19.3. The lowest BCUT2D eigenvalue weighted by atomic mass is 9.81. The zero-order chi connectivity index (χ0) is 30.7. The van der Waals surface area contributed by atoms with Gasteiger partial charge in [-0.1, -0.05) is 18.2 Å². The van der Waals surface area contributed by atoms with Crippen LogP contribution in [0, 0.1) is 5.92 Å². The number of carbonyl (C=O) groups is 3. The lowest BCUT2D eigenvalue weighted by Crippen LogP contribution is -2.66. The number of halogens is 2. The van der Waals surface area contributed by atoms with Crippen LogP contribution in [0.3, 0.4) is 0 Å². The summed E-state index contributed by atoms with van der Waals surface area (Å²) < 4.78 is 39.9. The van der Waals surface area contributed by atoms with Crippen molar-refractivity contribution in [2.45, 2.75) is 94.6 Å². The van der Waals surface area contributed by atoms with Gasteiger partial charge in [0.15, 0.2) is 0 Å². The molecule has 6 atom stereocenters. The number of amides is 3. The minimum absolute atomic E-state index is 0.00312. The Labute approximate surface area is 252 Å². The van der Waals surface area contributed by atoms with E-state index < -0.39 is 30.0 Å². The van der Waals surface area contributed by atoms with Gasteiger partial charge in [-0.15, -0.1) is 0 Å². The third-order valence-electron chi connectivity index (χ3n) is 9.57. The number of nitrogens with zero attached hydrogens (tertiary/aromatic N) is 2. The largest absolute Gasteiger partial charge is 0.493 e. The van der Waals surface area contributed by atoms with E-state index in [1.165, 1.54) is 0 Å². The lowest BCUT2D eigenvalue weighted by molar-refractivity contribution is -0.150. The van der Waals surface area contributed by atoms with Crippen LogP contribution in [-0.2, 0) is 19.1 Å². The molecule has 238 valence electrons. The van der Waals surface area contributed by atoms with Crippen molar-refractivity contribution in [1.82, 2.24) is 25.8 Å². The predicted octanol–water partition coefficient (Wildman–Crippen LogP) is 2.23. The average molecular weight is 606 g/mol. The van der Waals surface area contributed by atoms with Crippen LogP contribution < -0.4 is 20.7 Å². The zero-order valence-electron chi connectivity index (χ0n) is 25.3. The molecule has 3 amide bonds. The number of carbonyl (C=O) groups excluding carboxylic acids is 3. The van der Waals surface area contributed by atoms with E-state index in [2.05, 4.69) is 20.9 Å². The molecule has 0 radical (unpaired) electrons. The topological polar surface area (TPSA) is 112 Å². The van der Waals surface area contributed by atoms with Gasteiger partial charge in [0, 0.05) is 57.1 Å². The summed E-state index contributed by atoms with van der Waals surface area (Å²) in [6.45, 7) is 5.95. The van der Waals surface area contributed by atoms with Gasteiger partial charge in [-0.2, -0.15) is 0 Å². The van der Waals surface area contributed by atoms with Crippen molar-refractivity contribution in [2.75, 3.05) is 39.9 Å². The standard InChI is InChI=1S/C31H45F2N5O5/c1-4-42-22-15-21-16-38(30(41)27(36-28(39)19(2)34-3)20-9-12-31(32,33)13-10-20)25(18-37(21)17-22)29(40)35-24-11-14-43-26-8-6-5-7-23(24)26/h5-8,19-22,24-25,27,34H,4,9-18H2,1-3H3,(H,35,40)(H,36,39)/t19-,21+,22+,24-,25-,27-/m0/s1. The molecule has 12 heteroatoms. The van der Waals surface area contributed by atoms with Crippen molar-refractivity contribution in [3.8, 4) is 5.75 Å². The molecule has 3 fully saturated rings. The monoisotopic (exact) mass is 605 g/mol. The molecule has 1 saturated carbocycles. The summed E-state index contributed by atoms with van der Waals surface area (Å²) in [4.78, 5) is 45.3. The van der Waals surface area contributed by atoms with E-state index in [-0.39, 0.29) is 61.6 Å². The van der Waals surface area contributed by atoms with Gasteiger partial charge in [-0.25, -0.2) is 8.78 Å². The molecule has 0 bridgehead atoms. The van der Waals surface area contributed by atoms with Gasteiger partial charge in [-0.05, 0) is 52.1 Å².